The second-order valence-electron chi connectivity index (χ2n) is 8.08. The first-order valence-corrected chi connectivity index (χ1v) is 9.78. The van der Waals surface area contributed by atoms with E-state index in [2.05, 4.69) is 50.2 Å². The van der Waals surface area contributed by atoms with Crippen LogP contribution in [0.1, 0.15) is 62.3 Å². The quantitative estimate of drug-likeness (QED) is 0.652. The van der Waals surface area contributed by atoms with Gasteiger partial charge in [-0.25, -0.2) is 4.68 Å². The van der Waals surface area contributed by atoms with E-state index in [4.69, 9.17) is 4.42 Å². The topological polar surface area (TPSA) is 60.1 Å². The number of nitrogens with zero attached hydrogens (tertiary/aromatic N) is 2. The number of nitrogens with one attached hydrogen (secondary N) is 1. The first-order chi connectivity index (χ1) is 12.9. The molecule has 27 heavy (non-hydrogen) atoms. The lowest BCUT2D eigenvalue weighted by Gasteiger charge is -2.15. The van der Waals surface area contributed by atoms with Gasteiger partial charge in [-0.2, -0.15) is 5.10 Å². The number of amides is 1. The molecule has 1 aliphatic rings. The van der Waals surface area contributed by atoms with Crippen LogP contribution in [0.5, 0.6) is 0 Å². The second-order valence-corrected chi connectivity index (χ2v) is 8.08. The summed E-state index contributed by atoms with van der Waals surface area (Å²) in [5.74, 6) is 1.83. The van der Waals surface area contributed by atoms with Crippen molar-refractivity contribution < 1.29 is 9.21 Å². The largest absolute Gasteiger partial charge is 0.464 e. The molecule has 0 saturated heterocycles. The van der Waals surface area contributed by atoms with Crippen LogP contribution in [0.3, 0.4) is 0 Å². The van der Waals surface area contributed by atoms with E-state index in [1.54, 1.807) is 12.5 Å². The summed E-state index contributed by atoms with van der Waals surface area (Å²) in [6.07, 6.45) is 6.23. The van der Waals surface area contributed by atoms with Gasteiger partial charge in [0.15, 0.2) is 0 Å². The number of rotatable bonds is 6. The molecule has 1 aliphatic carbocycles. The van der Waals surface area contributed by atoms with Gasteiger partial charge < -0.3 is 9.73 Å². The normalized spacial score (nSPS) is 15.4. The van der Waals surface area contributed by atoms with Gasteiger partial charge in [0.05, 0.1) is 24.9 Å². The molecule has 142 valence electrons. The highest BCUT2D eigenvalue weighted by Crippen LogP contribution is 2.40. The number of benzene rings is 1. The summed E-state index contributed by atoms with van der Waals surface area (Å²) in [5, 5.41) is 8.45. The van der Waals surface area contributed by atoms with Crippen molar-refractivity contribution in [3.05, 3.63) is 47.3 Å². The predicted octanol–water partition coefficient (Wildman–Crippen LogP) is 5.21. The Balaban J connectivity index is 1.53. The Kier molecular flexibility index (Phi) is 4.54. The zero-order chi connectivity index (χ0) is 19.1. The van der Waals surface area contributed by atoms with Crippen LogP contribution in [0, 0.1) is 12.8 Å². The number of anilines is 1. The molecule has 1 saturated carbocycles. The SMILES string of the molecule is Cc1cc2occ(CC(=O)Nc3ccnn3C(C)C3CC3)c2cc1C(C)C. The summed E-state index contributed by atoms with van der Waals surface area (Å²) in [4.78, 5) is 12.7. The molecule has 1 fully saturated rings. The van der Waals surface area contributed by atoms with Crippen LogP contribution in [0.4, 0.5) is 5.82 Å². The Morgan fingerprint density at radius 3 is 2.81 bits per heavy atom. The maximum absolute atomic E-state index is 12.7. The van der Waals surface area contributed by atoms with Crippen LogP contribution >= 0.6 is 0 Å². The fourth-order valence-electron chi connectivity index (χ4n) is 3.88. The minimum atomic E-state index is -0.0471. The summed E-state index contributed by atoms with van der Waals surface area (Å²) in [6.45, 7) is 8.64. The molecule has 0 aliphatic heterocycles. The van der Waals surface area contributed by atoms with Crippen molar-refractivity contribution in [2.24, 2.45) is 5.92 Å². The molecule has 0 spiro atoms. The number of aryl methyl sites for hydroxylation is 1. The van der Waals surface area contributed by atoms with E-state index in [1.165, 1.54) is 24.0 Å². The molecule has 1 atom stereocenters. The molecule has 1 N–H and O–H groups in total. The molecular formula is C22H27N3O2. The van der Waals surface area contributed by atoms with Gasteiger partial charge in [0.2, 0.25) is 5.91 Å². The first-order valence-electron chi connectivity index (χ1n) is 9.78. The molecule has 4 rings (SSSR count). The van der Waals surface area contributed by atoms with Crippen LogP contribution < -0.4 is 5.32 Å². The molecule has 1 aromatic carbocycles. The maximum atomic E-state index is 12.7. The Morgan fingerprint density at radius 2 is 2.11 bits per heavy atom. The van der Waals surface area contributed by atoms with Crippen molar-refractivity contribution >= 4 is 22.7 Å². The highest BCUT2D eigenvalue weighted by molar-refractivity contribution is 5.95. The number of furan rings is 1. The molecule has 2 aromatic heterocycles. The summed E-state index contributed by atoms with van der Waals surface area (Å²) < 4.78 is 7.64. The van der Waals surface area contributed by atoms with Crippen molar-refractivity contribution in [2.45, 2.75) is 58.9 Å². The summed E-state index contributed by atoms with van der Waals surface area (Å²) in [7, 11) is 0. The lowest BCUT2D eigenvalue weighted by atomic mass is 9.95. The first kappa shape index (κ1) is 17.8. The zero-order valence-electron chi connectivity index (χ0n) is 16.5. The van der Waals surface area contributed by atoms with E-state index in [-0.39, 0.29) is 12.3 Å². The van der Waals surface area contributed by atoms with Gasteiger partial charge in [-0.1, -0.05) is 13.8 Å². The maximum Gasteiger partial charge on any atom is 0.230 e. The van der Waals surface area contributed by atoms with E-state index >= 15 is 0 Å². The van der Waals surface area contributed by atoms with E-state index in [0.29, 0.717) is 17.9 Å². The highest BCUT2D eigenvalue weighted by Gasteiger charge is 2.30. The number of fused-ring (bicyclic) bond motifs is 1. The van der Waals surface area contributed by atoms with Crippen LogP contribution in [-0.2, 0) is 11.2 Å². The smallest absolute Gasteiger partial charge is 0.230 e. The Hall–Kier alpha value is -2.56. The van der Waals surface area contributed by atoms with Crippen LogP contribution in [0.2, 0.25) is 0 Å². The minimum Gasteiger partial charge on any atom is -0.464 e. The minimum absolute atomic E-state index is 0.0471. The third-order valence-electron chi connectivity index (χ3n) is 5.64. The lowest BCUT2D eigenvalue weighted by Crippen LogP contribution is -2.19. The molecule has 0 bridgehead atoms. The second kappa shape index (κ2) is 6.87. The van der Waals surface area contributed by atoms with Crippen molar-refractivity contribution in [3.8, 4) is 0 Å². The Labute approximate surface area is 159 Å². The lowest BCUT2D eigenvalue weighted by molar-refractivity contribution is -0.115. The third kappa shape index (κ3) is 3.51. The third-order valence-corrected chi connectivity index (χ3v) is 5.64. The van der Waals surface area contributed by atoms with E-state index in [0.717, 1.165) is 22.4 Å². The highest BCUT2D eigenvalue weighted by atomic mass is 16.3. The average molecular weight is 365 g/mol. The van der Waals surface area contributed by atoms with Gasteiger partial charge in [0, 0.05) is 17.0 Å². The Morgan fingerprint density at radius 1 is 1.33 bits per heavy atom. The van der Waals surface area contributed by atoms with E-state index in [9.17, 15) is 4.79 Å². The van der Waals surface area contributed by atoms with Gasteiger partial charge in [0.25, 0.3) is 0 Å². The number of hydrogen-bond donors (Lipinski definition) is 1. The molecule has 1 unspecified atom stereocenters. The Bertz CT molecular complexity index is 979. The van der Waals surface area contributed by atoms with Crippen molar-refractivity contribution in [2.75, 3.05) is 5.32 Å². The van der Waals surface area contributed by atoms with Gasteiger partial charge >= 0.3 is 0 Å². The monoisotopic (exact) mass is 365 g/mol. The average Bonchev–Trinajstić information content (AvgIpc) is 3.26. The molecule has 0 radical (unpaired) electrons. The fraction of sp³-hybridized carbons (Fsp3) is 0.455. The van der Waals surface area contributed by atoms with Crippen LogP contribution in [0.15, 0.2) is 35.1 Å². The van der Waals surface area contributed by atoms with Crippen molar-refractivity contribution in [1.29, 1.82) is 0 Å². The van der Waals surface area contributed by atoms with Crippen LogP contribution in [-0.4, -0.2) is 15.7 Å². The van der Waals surface area contributed by atoms with Gasteiger partial charge in [-0.3, -0.25) is 4.79 Å². The van der Waals surface area contributed by atoms with E-state index in [1.807, 2.05) is 10.7 Å². The van der Waals surface area contributed by atoms with Gasteiger partial charge in [0.1, 0.15) is 11.4 Å². The number of carbonyl (C=O) groups is 1. The summed E-state index contributed by atoms with van der Waals surface area (Å²) in [6, 6.07) is 6.42. The van der Waals surface area contributed by atoms with Crippen molar-refractivity contribution in [1.82, 2.24) is 9.78 Å². The zero-order valence-corrected chi connectivity index (χ0v) is 16.5. The predicted molar refractivity (Wildman–Crippen MR) is 107 cm³/mol. The molecule has 5 heteroatoms. The van der Waals surface area contributed by atoms with Gasteiger partial charge in [-0.15, -0.1) is 0 Å². The number of carbonyl (C=O) groups excluding carboxylic acids is 1. The molecule has 1 amide bonds. The molecular weight excluding hydrogens is 338 g/mol. The summed E-state index contributed by atoms with van der Waals surface area (Å²) >= 11 is 0. The van der Waals surface area contributed by atoms with Crippen molar-refractivity contribution in [3.63, 3.8) is 0 Å². The van der Waals surface area contributed by atoms with E-state index < -0.39 is 0 Å². The molecule has 2 heterocycles. The number of hydrogen-bond acceptors (Lipinski definition) is 3. The summed E-state index contributed by atoms with van der Waals surface area (Å²) in [5.41, 5.74) is 4.28. The fourth-order valence-corrected chi connectivity index (χ4v) is 3.88. The van der Waals surface area contributed by atoms with Crippen LogP contribution in [0.25, 0.3) is 11.0 Å². The van der Waals surface area contributed by atoms with Gasteiger partial charge in [-0.05, 0) is 61.8 Å². The standard InChI is InChI=1S/C22H27N3O2/c1-13(2)18-11-19-17(12-27-20(19)9-14(18)3)10-22(26)24-21-7-8-23-25(21)15(4)16-5-6-16/h7-9,11-13,15-16H,5-6,10H2,1-4H3,(H,24,26). The molecule has 3 aromatic rings. The molecule has 5 nitrogen and oxygen atoms in total. The number of aromatic nitrogens is 2.